The monoisotopic (exact) mass is 344 g/mol. The first-order valence-electron chi connectivity index (χ1n) is 8.21. The van der Waals surface area contributed by atoms with E-state index in [0.717, 1.165) is 61.5 Å². The first-order valence-corrected chi connectivity index (χ1v) is 8.59. The first kappa shape index (κ1) is 15.6. The van der Waals surface area contributed by atoms with Gasteiger partial charge < -0.3 is 8.97 Å². The molecule has 3 aromatic rings. The molecule has 126 valence electrons. The van der Waals surface area contributed by atoms with Crippen LogP contribution in [0.5, 0.6) is 0 Å². The molecule has 3 aromatic heterocycles. The van der Waals surface area contributed by atoms with Crippen molar-refractivity contribution in [3.8, 4) is 0 Å². The minimum atomic E-state index is 0.731. The topological polar surface area (TPSA) is 41.6 Å². The third-order valence-corrected chi connectivity index (χ3v) is 4.82. The van der Waals surface area contributed by atoms with Gasteiger partial charge in [-0.1, -0.05) is 11.6 Å². The Morgan fingerprint density at radius 2 is 1.79 bits per heavy atom. The highest BCUT2D eigenvalue weighted by molar-refractivity contribution is 6.30. The standard InChI is InChI=1S/C17H21ClN6/c1-21-5-4-19-17(21)13-23-8-6-22(7-9-23)11-15-12-24-10-14(18)2-3-16(24)20-15/h2-5,10,12H,6-9,11,13H2,1H3. The summed E-state index contributed by atoms with van der Waals surface area (Å²) in [5.74, 6) is 1.13. The zero-order chi connectivity index (χ0) is 16.5. The van der Waals surface area contributed by atoms with Crippen LogP contribution in [0.15, 0.2) is 36.9 Å². The highest BCUT2D eigenvalue weighted by Gasteiger charge is 2.19. The van der Waals surface area contributed by atoms with Gasteiger partial charge in [0.1, 0.15) is 11.5 Å². The summed E-state index contributed by atoms with van der Waals surface area (Å²) in [5.41, 5.74) is 2.04. The Morgan fingerprint density at radius 3 is 2.50 bits per heavy atom. The molecular weight excluding hydrogens is 324 g/mol. The summed E-state index contributed by atoms with van der Waals surface area (Å²) < 4.78 is 4.09. The number of nitrogens with zero attached hydrogens (tertiary/aromatic N) is 6. The van der Waals surface area contributed by atoms with Crippen LogP contribution in [0.1, 0.15) is 11.5 Å². The summed E-state index contributed by atoms with van der Waals surface area (Å²) in [7, 11) is 2.05. The van der Waals surface area contributed by atoms with E-state index in [0.29, 0.717) is 0 Å². The molecule has 6 nitrogen and oxygen atoms in total. The van der Waals surface area contributed by atoms with Crippen LogP contribution in [0, 0.1) is 0 Å². The average molecular weight is 345 g/mol. The minimum Gasteiger partial charge on any atom is -0.337 e. The number of hydrogen-bond acceptors (Lipinski definition) is 4. The Kier molecular flexibility index (Phi) is 4.26. The van der Waals surface area contributed by atoms with Crippen LogP contribution >= 0.6 is 11.6 Å². The molecule has 24 heavy (non-hydrogen) atoms. The molecule has 0 bridgehead atoms. The largest absolute Gasteiger partial charge is 0.337 e. The van der Waals surface area contributed by atoms with Gasteiger partial charge in [-0.25, -0.2) is 9.97 Å². The van der Waals surface area contributed by atoms with Gasteiger partial charge in [0.25, 0.3) is 0 Å². The summed E-state index contributed by atoms with van der Waals surface area (Å²) in [6.45, 7) is 6.04. The van der Waals surface area contributed by atoms with Gasteiger partial charge >= 0.3 is 0 Å². The zero-order valence-corrected chi connectivity index (χ0v) is 14.5. The van der Waals surface area contributed by atoms with Gasteiger partial charge in [0.15, 0.2) is 0 Å². The second-order valence-electron chi connectivity index (χ2n) is 6.35. The van der Waals surface area contributed by atoms with Gasteiger partial charge in [0, 0.05) is 64.6 Å². The smallest absolute Gasteiger partial charge is 0.137 e. The molecule has 0 aliphatic carbocycles. The van der Waals surface area contributed by atoms with Crippen molar-refractivity contribution >= 4 is 17.2 Å². The van der Waals surface area contributed by atoms with E-state index in [1.807, 2.05) is 42.2 Å². The molecule has 0 amide bonds. The van der Waals surface area contributed by atoms with Crippen molar-refractivity contribution in [2.75, 3.05) is 26.2 Å². The molecule has 0 radical (unpaired) electrons. The molecule has 1 aliphatic rings. The summed E-state index contributed by atoms with van der Waals surface area (Å²) in [6, 6.07) is 3.83. The van der Waals surface area contributed by atoms with Crippen molar-refractivity contribution < 1.29 is 0 Å². The Morgan fingerprint density at radius 1 is 1.04 bits per heavy atom. The number of aryl methyl sites for hydroxylation is 1. The van der Waals surface area contributed by atoms with E-state index in [9.17, 15) is 0 Å². The lowest BCUT2D eigenvalue weighted by atomic mass is 10.3. The zero-order valence-electron chi connectivity index (χ0n) is 13.8. The molecule has 4 heterocycles. The molecule has 4 rings (SSSR count). The molecule has 0 aromatic carbocycles. The van der Waals surface area contributed by atoms with E-state index in [1.54, 1.807) is 0 Å². The summed E-state index contributed by atoms with van der Waals surface area (Å²) in [4.78, 5) is 14.0. The van der Waals surface area contributed by atoms with Crippen molar-refractivity contribution in [2.24, 2.45) is 7.05 Å². The Balaban J connectivity index is 1.34. The van der Waals surface area contributed by atoms with Gasteiger partial charge in [-0.3, -0.25) is 9.80 Å². The lowest BCUT2D eigenvalue weighted by Gasteiger charge is -2.34. The van der Waals surface area contributed by atoms with Crippen LogP contribution in [0.2, 0.25) is 5.02 Å². The van der Waals surface area contributed by atoms with Crippen molar-refractivity contribution in [1.82, 2.24) is 28.7 Å². The van der Waals surface area contributed by atoms with E-state index in [-0.39, 0.29) is 0 Å². The first-order chi connectivity index (χ1) is 11.7. The third kappa shape index (κ3) is 3.31. The second kappa shape index (κ2) is 6.55. The fraction of sp³-hybridized carbons (Fsp3) is 0.412. The van der Waals surface area contributed by atoms with Crippen LogP contribution in [-0.4, -0.2) is 54.9 Å². The highest BCUT2D eigenvalue weighted by atomic mass is 35.5. The van der Waals surface area contributed by atoms with Gasteiger partial charge in [0.2, 0.25) is 0 Å². The molecular formula is C17H21ClN6. The average Bonchev–Trinajstić information content (AvgIpc) is 3.15. The third-order valence-electron chi connectivity index (χ3n) is 4.60. The molecule has 1 saturated heterocycles. The fourth-order valence-electron chi connectivity index (χ4n) is 3.18. The SMILES string of the molecule is Cn1ccnc1CN1CCN(Cc2cn3cc(Cl)ccc3n2)CC1. The van der Waals surface area contributed by atoms with E-state index in [1.165, 1.54) is 0 Å². The Hall–Kier alpha value is -1.89. The van der Waals surface area contributed by atoms with Crippen molar-refractivity contribution in [1.29, 1.82) is 0 Å². The van der Waals surface area contributed by atoms with E-state index in [4.69, 9.17) is 11.6 Å². The van der Waals surface area contributed by atoms with Crippen LogP contribution < -0.4 is 0 Å². The maximum Gasteiger partial charge on any atom is 0.137 e. The minimum absolute atomic E-state index is 0.731. The molecule has 7 heteroatoms. The van der Waals surface area contributed by atoms with E-state index >= 15 is 0 Å². The predicted molar refractivity (Wildman–Crippen MR) is 94.0 cm³/mol. The number of halogens is 1. The Bertz CT molecular complexity index is 831. The van der Waals surface area contributed by atoms with Gasteiger partial charge in [-0.15, -0.1) is 0 Å². The van der Waals surface area contributed by atoms with Crippen LogP contribution in [-0.2, 0) is 20.1 Å². The lowest BCUT2D eigenvalue weighted by Crippen LogP contribution is -2.45. The number of imidazole rings is 2. The summed E-state index contributed by atoms with van der Waals surface area (Å²) >= 11 is 6.03. The van der Waals surface area contributed by atoms with Crippen molar-refractivity contribution in [3.05, 3.63) is 53.5 Å². The molecule has 1 fully saturated rings. The molecule has 0 spiro atoms. The van der Waals surface area contributed by atoms with Gasteiger partial charge in [-0.05, 0) is 12.1 Å². The van der Waals surface area contributed by atoms with Crippen LogP contribution in [0.3, 0.4) is 0 Å². The fourth-order valence-corrected chi connectivity index (χ4v) is 3.34. The second-order valence-corrected chi connectivity index (χ2v) is 6.79. The van der Waals surface area contributed by atoms with E-state index in [2.05, 4.69) is 30.5 Å². The summed E-state index contributed by atoms with van der Waals surface area (Å²) in [6.07, 6.45) is 7.84. The highest BCUT2D eigenvalue weighted by Crippen LogP contribution is 2.14. The molecule has 0 saturated carbocycles. The number of pyridine rings is 1. The number of piperazine rings is 1. The quantitative estimate of drug-likeness (QED) is 0.726. The Labute approximate surface area is 146 Å². The number of aromatic nitrogens is 4. The molecule has 0 unspecified atom stereocenters. The maximum atomic E-state index is 6.03. The molecule has 0 N–H and O–H groups in total. The maximum absolute atomic E-state index is 6.03. The van der Waals surface area contributed by atoms with Crippen molar-refractivity contribution in [2.45, 2.75) is 13.1 Å². The van der Waals surface area contributed by atoms with E-state index < -0.39 is 0 Å². The number of fused-ring (bicyclic) bond motifs is 1. The molecule has 1 aliphatic heterocycles. The van der Waals surface area contributed by atoms with Crippen LogP contribution in [0.4, 0.5) is 0 Å². The van der Waals surface area contributed by atoms with Crippen molar-refractivity contribution in [3.63, 3.8) is 0 Å². The summed E-state index contributed by atoms with van der Waals surface area (Å²) in [5, 5.41) is 0.731. The lowest BCUT2D eigenvalue weighted by molar-refractivity contribution is 0.118. The number of hydrogen-bond donors (Lipinski definition) is 0. The molecule has 0 atom stereocenters. The predicted octanol–water partition coefficient (Wildman–Crippen LogP) is 2.04. The van der Waals surface area contributed by atoms with Crippen LogP contribution in [0.25, 0.3) is 5.65 Å². The number of rotatable bonds is 4. The van der Waals surface area contributed by atoms with Gasteiger partial charge in [0.05, 0.1) is 17.3 Å². The normalized spacial score (nSPS) is 16.9. The van der Waals surface area contributed by atoms with Gasteiger partial charge in [-0.2, -0.15) is 0 Å².